The third-order valence-corrected chi connectivity index (χ3v) is 5.49. The second-order valence-corrected chi connectivity index (χ2v) is 7.51. The van der Waals surface area contributed by atoms with Crippen LogP contribution in [-0.2, 0) is 0 Å². The monoisotopic (exact) mass is 427 g/mol. The Morgan fingerprint density at radius 3 is 2.59 bits per heavy atom. The van der Waals surface area contributed by atoms with E-state index in [4.69, 9.17) is 0 Å². The highest BCUT2D eigenvalue weighted by Gasteiger charge is 2.16. The van der Waals surface area contributed by atoms with E-state index in [9.17, 15) is 19.5 Å². The Labute approximate surface area is 179 Å². The molecule has 0 unspecified atom stereocenters. The smallest absolute Gasteiger partial charge is 0.335 e. The lowest BCUT2D eigenvalue weighted by Crippen LogP contribution is -2.31. The highest BCUT2D eigenvalue weighted by Crippen LogP contribution is 2.19. The molecule has 0 amide bonds. The molecule has 0 saturated carbocycles. The van der Waals surface area contributed by atoms with Crippen molar-refractivity contribution in [3.63, 3.8) is 0 Å². The fourth-order valence-corrected chi connectivity index (χ4v) is 3.63. The topological polar surface area (TPSA) is 122 Å². The van der Waals surface area contributed by atoms with Crippen LogP contribution in [0.2, 0.25) is 0 Å². The number of benzene rings is 2. The van der Waals surface area contributed by atoms with Crippen LogP contribution < -0.4 is 22.0 Å². The lowest BCUT2D eigenvalue weighted by molar-refractivity contribution is 0.429. The molecule has 2 aromatic carbocycles. The number of aryl methyl sites for hydroxylation is 2. The van der Waals surface area contributed by atoms with Crippen molar-refractivity contribution < 1.29 is 5.11 Å². The molecular weight excluding hydrogens is 410 g/mol. The van der Waals surface area contributed by atoms with Gasteiger partial charge in [-0.2, -0.15) is 9.61 Å². The van der Waals surface area contributed by atoms with Gasteiger partial charge >= 0.3 is 5.69 Å². The molecular formula is C23H17N5O4. The van der Waals surface area contributed by atoms with Crippen molar-refractivity contribution in [3.05, 3.63) is 102 Å². The van der Waals surface area contributed by atoms with Gasteiger partial charge in [0.15, 0.2) is 5.65 Å². The molecule has 0 aliphatic heterocycles. The number of aromatic hydroxyl groups is 1. The van der Waals surface area contributed by atoms with Crippen LogP contribution in [0.5, 0.6) is 5.88 Å². The molecule has 2 N–H and O–H groups in total. The van der Waals surface area contributed by atoms with Gasteiger partial charge in [-0.05, 0) is 55.3 Å². The van der Waals surface area contributed by atoms with Gasteiger partial charge in [-0.3, -0.25) is 14.6 Å². The Balaban J connectivity index is 1.80. The first-order valence-electron chi connectivity index (χ1n) is 9.79. The van der Waals surface area contributed by atoms with Crippen molar-refractivity contribution in [1.29, 1.82) is 0 Å². The van der Waals surface area contributed by atoms with Gasteiger partial charge < -0.3 is 5.11 Å². The van der Waals surface area contributed by atoms with Gasteiger partial charge in [0.2, 0.25) is 5.88 Å². The zero-order chi connectivity index (χ0) is 22.6. The Hall–Kier alpha value is -4.53. The largest absolute Gasteiger partial charge is 0.494 e. The van der Waals surface area contributed by atoms with Crippen LogP contribution >= 0.6 is 0 Å². The Morgan fingerprint density at radius 1 is 1.03 bits per heavy atom. The molecule has 0 spiro atoms. The van der Waals surface area contributed by atoms with Gasteiger partial charge in [-0.25, -0.2) is 14.3 Å². The summed E-state index contributed by atoms with van der Waals surface area (Å²) in [5.74, 6) is -0.524. The summed E-state index contributed by atoms with van der Waals surface area (Å²) >= 11 is 0. The maximum atomic E-state index is 12.7. The van der Waals surface area contributed by atoms with E-state index in [-0.39, 0.29) is 16.8 Å². The summed E-state index contributed by atoms with van der Waals surface area (Å²) in [4.78, 5) is 44.4. The predicted molar refractivity (Wildman–Crippen MR) is 119 cm³/mol. The molecule has 3 heterocycles. The zero-order valence-electron chi connectivity index (χ0n) is 17.2. The highest BCUT2D eigenvalue weighted by molar-refractivity contribution is 5.79. The minimum atomic E-state index is -0.768. The van der Waals surface area contributed by atoms with Gasteiger partial charge in [-0.1, -0.05) is 18.2 Å². The van der Waals surface area contributed by atoms with Crippen LogP contribution in [-0.4, -0.2) is 29.3 Å². The zero-order valence-corrected chi connectivity index (χ0v) is 17.2. The highest BCUT2D eigenvalue weighted by atomic mass is 16.3. The summed E-state index contributed by atoms with van der Waals surface area (Å²) < 4.78 is 2.16. The van der Waals surface area contributed by atoms with E-state index in [2.05, 4.69) is 15.1 Å². The standard InChI is InChI=1S/C23H17N5O4/c1-12-7-8-15(9-13(12)2)27-21(30)17(20(29)26-23(27)32)10-14-11-24-28-19(14)25-18-6-4-3-5-16(18)22(28)31/h3-11,30H,1-2H3,(H,26,29,32)/b14-10+. The molecule has 0 saturated heterocycles. The van der Waals surface area contributed by atoms with E-state index in [0.29, 0.717) is 21.8 Å². The fraction of sp³-hybridized carbons (Fsp3) is 0.0870. The van der Waals surface area contributed by atoms with Crippen molar-refractivity contribution in [2.75, 3.05) is 0 Å². The summed E-state index contributed by atoms with van der Waals surface area (Å²) in [6.45, 7) is 3.81. The summed E-state index contributed by atoms with van der Waals surface area (Å²) in [5, 5.41) is 15.7. The molecule has 0 fully saturated rings. The molecule has 0 aliphatic rings. The number of aromatic nitrogens is 5. The first kappa shape index (κ1) is 19.4. The molecule has 0 bridgehead atoms. The molecule has 5 aromatic rings. The number of aromatic amines is 1. The Kier molecular flexibility index (Phi) is 4.26. The first-order valence-corrected chi connectivity index (χ1v) is 9.79. The number of H-pyrrole nitrogens is 1. The van der Waals surface area contributed by atoms with Crippen molar-refractivity contribution in [2.45, 2.75) is 13.8 Å². The Bertz CT molecular complexity index is 1780. The number of rotatable bonds is 2. The number of hydrogen-bond acceptors (Lipinski definition) is 6. The normalized spacial score (nSPS) is 12.1. The molecule has 9 heteroatoms. The van der Waals surface area contributed by atoms with Crippen LogP contribution in [0, 0.1) is 13.8 Å². The number of nitrogens with one attached hydrogen (secondary N) is 1. The summed E-state index contributed by atoms with van der Waals surface area (Å²) in [5.41, 5.74) is 1.04. The maximum Gasteiger partial charge on any atom is 0.335 e. The summed E-state index contributed by atoms with van der Waals surface area (Å²) in [7, 11) is 0. The average molecular weight is 427 g/mol. The second-order valence-electron chi connectivity index (χ2n) is 7.51. The van der Waals surface area contributed by atoms with E-state index in [1.54, 1.807) is 36.4 Å². The maximum absolute atomic E-state index is 12.7. The number of para-hydroxylation sites is 1. The fourth-order valence-electron chi connectivity index (χ4n) is 3.63. The van der Waals surface area contributed by atoms with E-state index in [0.717, 1.165) is 20.2 Å². The molecule has 32 heavy (non-hydrogen) atoms. The SMILES string of the molecule is Cc1ccc(-n2c(O)c(/C=c3\cnn4c(=O)c5ccccc5nc34)c(=O)[nH]c2=O)cc1C. The van der Waals surface area contributed by atoms with Crippen molar-refractivity contribution in [2.24, 2.45) is 0 Å². The van der Waals surface area contributed by atoms with Crippen LogP contribution in [0.25, 0.3) is 28.3 Å². The quantitative estimate of drug-likeness (QED) is 0.433. The minimum Gasteiger partial charge on any atom is -0.494 e. The van der Waals surface area contributed by atoms with Crippen molar-refractivity contribution >= 4 is 22.6 Å². The minimum absolute atomic E-state index is 0.153. The van der Waals surface area contributed by atoms with E-state index >= 15 is 0 Å². The van der Waals surface area contributed by atoms with Crippen LogP contribution in [0.1, 0.15) is 16.7 Å². The van der Waals surface area contributed by atoms with Crippen molar-refractivity contribution in [3.8, 4) is 11.6 Å². The van der Waals surface area contributed by atoms with E-state index in [1.807, 2.05) is 19.9 Å². The van der Waals surface area contributed by atoms with Gasteiger partial charge in [0.1, 0.15) is 5.56 Å². The molecule has 158 valence electrons. The third kappa shape index (κ3) is 2.90. The molecule has 0 radical (unpaired) electrons. The van der Waals surface area contributed by atoms with Crippen LogP contribution in [0.15, 0.2) is 63.0 Å². The van der Waals surface area contributed by atoms with Gasteiger partial charge in [0.05, 0.1) is 22.8 Å². The second kappa shape index (κ2) is 7.02. The number of hydrogen-bond donors (Lipinski definition) is 2. The molecule has 0 aliphatic carbocycles. The lowest BCUT2D eigenvalue weighted by Gasteiger charge is -2.11. The summed E-state index contributed by atoms with van der Waals surface area (Å²) in [6.07, 6.45) is 2.74. The molecule has 3 aromatic heterocycles. The number of nitrogens with zero attached hydrogens (tertiary/aromatic N) is 4. The average Bonchev–Trinajstić information content (AvgIpc) is 3.16. The summed E-state index contributed by atoms with van der Waals surface area (Å²) in [6, 6.07) is 12.1. The molecule has 5 rings (SSSR count). The van der Waals surface area contributed by atoms with Gasteiger partial charge in [0.25, 0.3) is 11.1 Å². The lowest BCUT2D eigenvalue weighted by atomic mass is 10.1. The molecule has 0 atom stereocenters. The Morgan fingerprint density at radius 2 is 1.81 bits per heavy atom. The van der Waals surface area contributed by atoms with E-state index in [1.165, 1.54) is 12.3 Å². The van der Waals surface area contributed by atoms with Crippen molar-refractivity contribution in [1.82, 2.24) is 24.1 Å². The van der Waals surface area contributed by atoms with Crippen LogP contribution in [0.3, 0.4) is 0 Å². The first-order chi connectivity index (χ1) is 15.3. The van der Waals surface area contributed by atoms with Gasteiger partial charge in [-0.15, -0.1) is 0 Å². The predicted octanol–water partition coefficient (Wildman–Crippen LogP) is 0.952. The number of fused-ring (bicyclic) bond motifs is 2. The third-order valence-electron chi connectivity index (χ3n) is 5.49. The van der Waals surface area contributed by atoms with E-state index < -0.39 is 17.1 Å². The van der Waals surface area contributed by atoms with Crippen LogP contribution in [0.4, 0.5) is 0 Å². The molecule has 9 nitrogen and oxygen atoms in total. The van der Waals surface area contributed by atoms with Gasteiger partial charge in [0, 0.05) is 5.22 Å².